The number of rotatable bonds is 5. The van der Waals surface area contributed by atoms with E-state index in [0.29, 0.717) is 30.0 Å². The highest BCUT2D eigenvalue weighted by atomic mass is 35.5. The van der Waals surface area contributed by atoms with Crippen LogP contribution in [0.15, 0.2) is 21.9 Å². The van der Waals surface area contributed by atoms with Gasteiger partial charge < -0.3 is 9.72 Å². The molecule has 1 saturated carbocycles. The molecule has 1 aliphatic rings. The van der Waals surface area contributed by atoms with Crippen LogP contribution in [0, 0.1) is 5.92 Å². The highest BCUT2D eigenvalue weighted by molar-refractivity contribution is 6.30. The standard InChI is InChI=1S/C14H15ClN4O3/c1-2-22-6-7-3-8(7)9-4-11(18-19-12(9)15)10-5-16-14(21)17-13(10)20/h4-5,7-8H,2-3,6H2,1H3,(H2,16,17,20,21)/t7-,8+/m1/s1. The predicted octanol–water partition coefficient (Wildman–Crippen LogP) is 1.31. The number of aromatic amines is 2. The number of hydrogen-bond donors (Lipinski definition) is 2. The first-order valence-electron chi connectivity index (χ1n) is 7.03. The summed E-state index contributed by atoms with van der Waals surface area (Å²) in [5, 5.41) is 8.21. The minimum Gasteiger partial charge on any atom is -0.381 e. The van der Waals surface area contributed by atoms with Gasteiger partial charge in [-0.15, -0.1) is 10.2 Å². The summed E-state index contributed by atoms with van der Waals surface area (Å²) in [5.41, 5.74) is 0.441. The molecule has 0 radical (unpaired) electrons. The van der Waals surface area contributed by atoms with E-state index in [1.807, 2.05) is 6.92 Å². The maximum Gasteiger partial charge on any atom is 0.325 e. The summed E-state index contributed by atoms with van der Waals surface area (Å²) in [6.45, 7) is 3.33. The van der Waals surface area contributed by atoms with Gasteiger partial charge >= 0.3 is 5.69 Å². The molecule has 0 saturated heterocycles. The number of ether oxygens (including phenoxy) is 1. The van der Waals surface area contributed by atoms with Crippen LogP contribution >= 0.6 is 11.6 Å². The van der Waals surface area contributed by atoms with E-state index in [9.17, 15) is 9.59 Å². The van der Waals surface area contributed by atoms with E-state index in [0.717, 1.165) is 12.0 Å². The van der Waals surface area contributed by atoms with E-state index in [4.69, 9.17) is 16.3 Å². The third kappa shape index (κ3) is 2.95. The van der Waals surface area contributed by atoms with Gasteiger partial charge in [0.25, 0.3) is 5.56 Å². The molecular formula is C14H15ClN4O3. The Morgan fingerprint density at radius 1 is 1.41 bits per heavy atom. The molecule has 0 aliphatic heterocycles. The second-order valence-corrected chi connectivity index (χ2v) is 5.58. The molecule has 2 heterocycles. The first-order valence-corrected chi connectivity index (χ1v) is 7.41. The van der Waals surface area contributed by atoms with E-state index in [1.165, 1.54) is 6.20 Å². The van der Waals surface area contributed by atoms with Gasteiger partial charge in [0.2, 0.25) is 0 Å². The highest BCUT2D eigenvalue weighted by Gasteiger charge is 2.40. The van der Waals surface area contributed by atoms with Gasteiger partial charge in [-0.25, -0.2) is 4.79 Å². The predicted molar refractivity (Wildman–Crippen MR) is 81.1 cm³/mol. The summed E-state index contributed by atoms with van der Waals surface area (Å²) in [4.78, 5) is 27.5. The average molecular weight is 323 g/mol. The Kier molecular flexibility index (Phi) is 4.08. The fourth-order valence-corrected chi connectivity index (χ4v) is 2.70. The van der Waals surface area contributed by atoms with Gasteiger partial charge in [-0.1, -0.05) is 11.6 Å². The van der Waals surface area contributed by atoms with Crippen molar-refractivity contribution in [3.8, 4) is 11.3 Å². The van der Waals surface area contributed by atoms with Crippen molar-refractivity contribution in [1.82, 2.24) is 20.2 Å². The molecule has 2 atom stereocenters. The molecule has 0 spiro atoms. The van der Waals surface area contributed by atoms with Crippen molar-refractivity contribution in [2.75, 3.05) is 13.2 Å². The Hall–Kier alpha value is -1.99. The Morgan fingerprint density at radius 3 is 2.95 bits per heavy atom. The van der Waals surface area contributed by atoms with E-state index < -0.39 is 11.2 Å². The van der Waals surface area contributed by atoms with E-state index in [2.05, 4.69) is 20.2 Å². The van der Waals surface area contributed by atoms with Crippen LogP contribution in [0.1, 0.15) is 24.8 Å². The number of hydrogen-bond acceptors (Lipinski definition) is 5. The Labute approximate surface area is 130 Å². The van der Waals surface area contributed by atoms with Crippen LogP contribution in [0.25, 0.3) is 11.3 Å². The van der Waals surface area contributed by atoms with Crippen LogP contribution < -0.4 is 11.2 Å². The van der Waals surface area contributed by atoms with Crippen molar-refractivity contribution < 1.29 is 4.74 Å². The third-order valence-corrected chi connectivity index (χ3v) is 4.02. The number of H-pyrrole nitrogens is 2. The normalized spacial score (nSPS) is 20.1. The molecular weight excluding hydrogens is 308 g/mol. The fraction of sp³-hybridized carbons (Fsp3) is 0.429. The Bertz CT molecular complexity index is 801. The van der Waals surface area contributed by atoms with Crippen molar-refractivity contribution in [1.29, 1.82) is 0 Å². The number of nitrogens with zero attached hydrogens (tertiary/aromatic N) is 2. The summed E-state index contributed by atoms with van der Waals surface area (Å²) in [7, 11) is 0. The van der Waals surface area contributed by atoms with Crippen molar-refractivity contribution in [3.63, 3.8) is 0 Å². The molecule has 2 aromatic rings. The van der Waals surface area contributed by atoms with Gasteiger partial charge in [-0.3, -0.25) is 9.78 Å². The lowest BCUT2D eigenvalue weighted by atomic mass is 10.1. The summed E-state index contributed by atoms with van der Waals surface area (Å²) in [5.74, 6) is 0.693. The maximum absolute atomic E-state index is 11.8. The highest BCUT2D eigenvalue weighted by Crippen LogP contribution is 2.49. The minimum atomic E-state index is -0.560. The summed E-state index contributed by atoms with van der Waals surface area (Å²) in [6.07, 6.45) is 2.31. The molecule has 3 rings (SSSR count). The topological polar surface area (TPSA) is 101 Å². The van der Waals surface area contributed by atoms with E-state index in [1.54, 1.807) is 6.07 Å². The number of aromatic nitrogens is 4. The maximum atomic E-state index is 11.8. The molecule has 0 aromatic carbocycles. The molecule has 7 nitrogen and oxygen atoms in total. The first-order chi connectivity index (χ1) is 10.6. The van der Waals surface area contributed by atoms with Crippen LogP contribution in [-0.2, 0) is 4.74 Å². The van der Waals surface area contributed by atoms with E-state index >= 15 is 0 Å². The lowest BCUT2D eigenvalue weighted by Crippen LogP contribution is -2.23. The minimum absolute atomic E-state index is 0.257. The van der Waals surface area contributed by atoms with Crippen molar-refractivity contribution in [2.24, 2.45) is 5.92 Å². The monoisotopic (exact) mass is 322 g/mol. The fourth-order valence-electron chi connectivity index (χ4n) is 2.46. The molecule has 0 amide bonds. The SMILES string of the molecule is CCOC[C@H]1C[C@@H]1c1cc(-c2c[nH]c(=O)[nH]c2=O)nnc1Cl. The quantitative estimate of drug-likeness (QED) is 0.864. The second-order valence-electron chi connectivity index (χ2n) is 5.22. The third-order valence-electron chi connectivity index (χ3n) is 3.73. The Balaban J connectivity index is 1.91. The lowest BCUT2D eigenvalue weighted by Gasteiger charge is -2.05. The van der Waals surface area contributed by atoms with Gasteiger partial charge in [-0.05, 0) is 36.8 Å². The van der Waals surface area contributed by atoms with Crippen LogP contribution in [0.4, 0.5) is 0 Å². The van der Waals surface area contributed by atoms with Crippen molar-refractivity contribution in [2.45, 2.75) is 19.3 Å². The summed E-state index contributed by atoms with van der Waals surface area (Å²) in [6, 6.07) is 1.76. The van der Waals surface area contributed by atoms with Crippen LogP contribution in [0.5, 0.6) is 0 Å². The molecule has 0 unspecified atom stereocenters. The van der Waals surface area contributed by atoms with Crippen LogP contribution in [0.3, 0.4) is 0 Å². The molecule has 2 N–H and O–H groups in total. The van der Waals surface area contributed by atoms with Crippen molar-refractivity contribution in [3.05, 3.63) is 43.8 Å². The van der Waals surface area contributed by atoms with Gasteiger partial charge in [0.1, 0.15) is 5.69 Å². The largest absolute Gasteiger partial charge is 0.381 e. The van der Waals surface area contributed by atoms with Gasteiger partial charge in [0, 0.05) is 19.4 Å². The van der Waals surface area contributed by atoms with E-state index in [-0.39, 0.29) is 11.5 Å². The number of nitrogens with one attached hydrogen (secondary N) is 2. The molecule has 8 heteroatoms. The number of halogens is 1. The smallest absolute Gasteiger partial charge is 0.325 e. The molecule has 116 valence electrons. The average Bonchev–Trinajstić information content (AvgIpc) is 3.25. The molecule has 22 heavy (non-hydrogen) atoms. The van der Waals surface area contributed by atoms with Crippen molar-refractivity contribution >= 4 is 11.6 Å². The molecule has 0 bridgehead atoms. The zero-order valence-electron chi connectivity index (χ0n) is 11.9. The molecule has 1 aliphatic carbocycles. The van der Waals surface area contributed by atoms with Gasteiger partial charge in [0.05, 0.1) is 5.56 Å². The molecule has 1 fully saturated rings. The van der Waals surface area contributed by atoms with Gasteiger partial charge in [-0.2, -0.15) is 0 Å². The summed E-state index contributed by atoms with van der Waals surface area (Å²) < 4.78 is 5.42. The summed E-state index contributed by atoms with van der Waals surface area (Å²) >= 11 is 6.12. The molecule has 2 aromatic heterocycles. The zero-order chi connectivity index (χ0) is 15.7. The van der Waals surface area contributed by atoms with Crippen LogP contribution in [-0.4, -0.2) is 33.4 Å². The second kappa shape index (κ2) is 6.02. The Morgan fingerprint density at radius 2 is 2.23 bits per heavy atom. The first kappa shape index (κ1) is 14.9. The van der Waals surface area contributed by atoms with Gasteiger partial charge in [0.15, 0.2) is 5.15 Å². The lowest BCUT2D eigenvalue weighted by molar-refractivity contribution is 0.136. The zero-order valence-corrected chi connectivity index (χ0v) is 12.7. The van der Waals surface area contributed by atoms with Crippen LogP contribution in [0.2, 0.25) is 5.15 Å².